The van der Waals surface area contributed by atoms with Gasteiger partial charge in [-0.25, -0.2) is 8.42 Å². The van der Waals surface area contributed by atoms with Crippen LogP contribution >= 0.6 is 11.6 Å². The quantitative estimate of drug-likeness (QED) is 0.729. The summed E-state index contributed by atoms with van der Waals surface area (Å²) in [5.74, 6) is -0.0629. The number of amides is 1. The van der Waals surface area contributed by atoms with Crippen LogP contribution in [0.2, 0.25) is 5.22 Å². The fourth-order valence-electron chi connectivity index (χ4n) is 3.06. The van der Waals surface area contributed by atoms with E-state index in [0.29, 0.717) is 30.8 Å². The number of aromatic nitrogens is 1. The van der Waals surface area contributed by atoms with E-state index in [4.69, 9.17) is 21.4 Å². The van der Waals surface area contributed by atoms with Crippen LogP contribution in [-0.4, -0.2) is 54.9 Å². The zero-order valence-electron chi connectivity index (χ0n) is 15.3. The van der Waals surface area contributed by atoms with Crippen molar-refractivity contribution in [1.29, 1.82) is 5.26 Å². The van der Waals surface area contributed by atoms with E-state index in [1.165, 1.54) is 28.6 Å². The van der Waals surface area contributed by atoms with E-state index in [2.05, 4.69) is 5.16 Å². The molecule has 1 aromatic heterocycles. The Balaban J connectivity index is 1.57. The molecule has 0 saturated carbocycles. The maximum absolute atomic E-state index is 12.7. The number of sulfonamides is 1. The van der Waals surface area contributed by atoms with E-state index in [1.807, 2.05) is 6.07 Å². The third-order valence-corrected chi connectivity index (χ3v) is 6.95. The highest BCUT2D eigenvalue weighted by Crippen LogP contribution is 2.22. The summed E-state index contributed by atoms with van der Waals surface area (Å²) in [5, 5.41) is 12.8. The Labute approximate surface area is 168 Å². The molecule has 148 valence electrons. The van der Waals surface area contributed by atoms with Crippen LogP contribution in [0.15, 0.2) is 33.7 Å². The van der Waals surface area contributed by atoms with Crippen LogP contribution in [0.25, 0.3) is 0 Å². The standard InChI is InChI=1S/C18H19ClN4O4S/c1-13-16(18(19)27-21-13)6-7-17(24)22-8-10-23(11-9-22)28(25,26)15-4-2-14(12-20)3-5-15/h2-5H,6-11H2,1H3. The zero-order chi connectivity index (χ0) is 20.3. The molecule has 8 nitrogen and oxygen atoms in total. The fraction of sp³-hybridized carbons (Fsp3) is 0.389. The molecule has 1 aliphatic heterocycles. The number of benzene rings is 1. The van der Waals surface area contributed by atoms with Gasteiger partial charge in [-0.15, -0.1) is 0 Å². The van der Waals surface area contributed by atoms with Gasteiger partial charge in [0.25, 0.3) is 0 Å². The topological polar surface area (TPSA) is 108 Å². The van der Waals surface area contributed by atoms with Crippen LogP contribution < -0.4 is 0 Å². The number of hydrogen-bond donors (Lipinski definition) is 0. The Bertz CT molecular complexity index is 984. The molecule has 2 aromatic rings. The van der Waals surface area contributed by atoms with Crippen molar-refractivity contribution in [1.82, 2.24) is 14.4 Å². The van der Waals surface area contributed by atoms with Crippen molar-refractivity contribution in [3.8, 4) is 6.07 Å². The predicted octanol–water partition coefficient (Wildman–Crippen LogP) is 1.97. The minimum absolute atomic E-state index is 0.0629. The van der Waals surface area contributed by atoms with Crippen molar-refractivity contribution in [3.05, 3.63) is 46.3 Å². The third kappa shape index (κ3) is 4.19. The number of carbonyl (C=O) groups excluding carboxylic acids is 1. The summed E-state index contributed by atoms with van der Waals surface area (Å²) < 4.78 is 31.7. The smallest absolute Gasteiger partial charge is 0.243 e. The van der Waals surface area contributed by atoms with Gasteiger partial charge < -0.3 is 9.42 Å². The van der Waals surface area contributed by atoms with E-state index >= 15 is 0 Å². The zero-order valence-corrected chi connectivity index (χ0v) is 16.8. The summed E-state index contributed by atoms with van der Waals surface area (Å²) in [7, 11) is -3.65. The Morgan fingerprint density at radius 3 is 2.43 bits per heavy atom. The Hall–Kier alpha value is -2.41. The van der Waals surface area contributed by atoms with E-state index < -0.39 is 10.0 Å². The molecule has 0 bridgehead atoms. The summed E-state index contributed by atoms with van der Waals surface area (Å²) >= 11 is 5.92. The van der Waals surface area contributed by atoms with Crippen LogP contribution in [0, 0.1) is 18.3 Å². The molecular weight excluding hydrogens is 404 g/mol. The molecule has 1 amide bonds. The van der Waals surface area contributed by atoms with Crippen LogP contribution in [0.1, 0.15) is 23.2 Å². The van der Waals surface area contributed by atoms with E-state index in [-0.39, 0.29) is 35.5 Å². The van der Waals surface area contributed by atoms with Crippen LogP contribution in [-0.2, 0) is 21.2 Å². The minimum atomic E-state index is -3.65. The predicted molar refractivity (Wildman–Crippen MR) is 101 cm³/mol. The molecule has 0 spiro atoms. The molecule has 0 unspecified atom stereocenters. The first-order chi connectivity index (χ1) is 13.3. The molecule has 0 aliphatic carbocycles. The number of halogens is 1. The second kappa shape index (κ2) is 8.31. The molecule has 1 aromatic carbocycles. The molecule has 1 aliphatic rings. The van der Waals surface area contributed by atoms with Crippen LogP contribution in [0.3, 0.4) is 0 Å². The van der Waals surface area contributed by atoms with E-state index in [0.717, 1.165) is 5.56 Å². The van der Waals surface area contributed by atoms with Crippen LogP contribution in [0.5, 0.6) is 0 Å². The lowest BCUT2D eigenvalue weighted by atomic mass is 10.1. The fourth-order valence-corrected chi connectivity index (χ4v) is 4.75. The highest BCUT2D eigenvalue weighted by atomic mass is 35.5. The molecule has 1 fully saturated rings. The van der Waals surface area contributed by atoms with Crippen LogP contribution in [0.4, 0.5) is 0 Å². The van der Waals surface area contributed by atoms with E-state index in [1.54, 1.807) is 11.8 Å². The Morgan fingerprint density at radius 2 is 1.89 bits per heavy atom. The number of nitriles is 1. The summed E-state index contributed by atoms with van der Waals surface area (Å²) in [4.78, 5) is 14.2. The maximum atomic E-state index is 12.7. The second-order valence-corrected chi connectivity index (χ2v) is 8.72. The van der Waals surface area contributed by atoms with Gasteiger partial charge in [-0.2, -0.15) is 9.57 Å². The summed E-state index contributed by atoms with van der Waals surface area (Å²) in [6.07, 6.45) is 0.681. The highest BCUT2D eigenvalue weighted by Gasteiger charge is 2.30. The Morgan fingerprint density at radius 1 is 1.25 bits per heavy atom. The van der Waals surface area contributed by atoms with Gasteiger partial charge in [-0.3, -0.25) is 4.79 Å². The molecule has 1 saturated heterocycles. The SMILES string of the molecule is Cc1noc(Cl)c1CCC(=O)N1CCN(S(=O)(=O)c2ccc(C#N)cc2)CC1. The number of piperazine rings is 1. The van der Waals surface area contributed by atoms with Crippen molar-refractivity contribution in [2.45, 2.75) is 24.7 Å². The maximum Gasteiger partial charge on any atom is 0.243 e. The highest BCUT2D eigenvalue weighted by molar-refractivity contribution is 7.89. The first-order valence-corrected chi connectivity index (χ1v) is 10.5. The van der Waals surface area contributed by atoms with Gasteiger partial charge in [0.05, 0.1) is 22.2 Å². The first-order valence-electron chi connectivity index (χ1n) is 8.71. The molecule has 2 heterocycles. The number of carbonyl (C=O) groups is 1. The largest absolute Gasteiger partial charge is 0.344 e. The molecule has 0 radical (unpaired) electrons. The van der Waals surface area contributed by atoms with Gasteiger partial charge in [0.2, 0.25) is 21.1 Å². The lowest BCUT2D eigenvalue weighted by Crippen LogP contribution is -2.50. The second-order valence-electron chi connectivity index (χ2n) is 6.44. The summed E-state index contributed by atoms with van der Waals surface area (Å²) in [5.41, 5.74) is 1.78. The lowest BCUT2D eigenvalue weighted by Gasteiger charge is -2.34. The van der Waals surface area contributed by atoms with Gasteiger partial charge >= 0.3 is 0 Å². The van der Waals surface area contributed by atoms with Crippen molar-refractivity contribution in [2.75, 3.05) is 26.2 Å². The monoisotopic (exact) mass is 422 g/mol. The van der Waals surface area contributed by atoms with E-state index in [9.17, 15) is 13.2 Å². The minimum Gasteiger partial charge on any atom is -0.344 e. The van der Waals surface area contributed by atoms with Gasteiger partial charge in [0.15, 0.2) is 0 Å². The molecule has 0 N–H and O–H groups in total. The van der Waals surface area contributed by atoms with Crippen molar-refractivity contribution in [2.24, 2.45) is 0 Å². The first kappa shape index (κ1) is 20.3. The average molecular weight is 423 g/mol. The molecule has 28 heavy (non-hydrogen) atoms. The number of rotatable bonds is 5. The number of aryl methyl sites for hydroxylation is 1. The Kier molecular flexibility index (Phi) is 6.03. The molecular formula is C18H19ClN4O4S. The normalized spacial score (nSPS) is 15.4. The van der Waals surface area contributed by atoms with Gasteiger partial charge in [0, 0.05) is 38.2 Å². The summed E-state index contributed by atoms with van der Waals surface area (Å²) in [6.45, 7) is 2.86. The molecule has 3 rings (SSSR count). The third-order valence-electron chi connectivity index (χ3n) is 4.74. The van der Waals surface area contributed by atoms with Gasteiger partial charge in [-0.1, -0.05) is 5.16 Å². The van der Waals surface area contributed by atoms with Crippen molar-refractivity contribution >= 4 is 27.5 Å². The van der Waals surface area contributed by atoms with Gasteiger partial charge in [-0.05, 0) is 49.2 Å². The lowest BCUT2D eigenvalue weighted by molar-refractivity contribution is -0.132. The number of nitrogens with zero attached hydrogens (tertiary/aromatic N) is 4. The molecule has 0 atom stereocenters. The van der Waals surface area contributed by atoms with Gasteiger partial charge in [0.1, 0.15) is 0 Å². The average Bonchev–Trinajstić information content (AvgIpc) is 3.03. The summed E-state index contributed by atoms with van der Waals surface area (Å²) in [6, 6.07) is 7.77. The van der Waals surface area contributed by atoms with Crippen molar-refractivity contribution < 1.29 is 17.7 Å². The number of hydrogen-bond acceptors (Lipinski definition) is 6. The van der Waals surface area contributed by atoms with Crippen molar-refractivity contribution in [3.63, 3.8) is 0 Å². The molecule has 10 heteroatoms.